The zero-order chi connectivity index (χ0) is 17.6. The van der Waals surface area contributed by atoms with Crippen LogP contribution in [0.2, 0.25) is 0 Å². The summed E-state index contributed by atoms with van der Waals surface area (Å²) in [7, 11) is 0. The van der Waals surface area contributed by atoms with Crippen LogP contribution in [-0.2, 0) is 9.47 Å². The number of rotatable bonds is 1. The molecule has 0 saturated carbocycles. The highest BCUT2D eigenvalue weighted by Crippen LogP contribution is 2.14. The average molecular weight is 312 g/mol. The number of hydrogen-bond donors (Lipinski definition) is 2. The van der Waals surface area contributed by atoms with Crippen molar-refractivity contribution in [3.63, 3.8) is 0 Å². The molecule has 0 unspecified atom stereocenters. The maximum atomic E-state index is 11.0. The van der Waals surface area contributed by atoms with Gasteiger partial charge in [0.05, 0.1) is 0 Å². The fourth-order valence-electron chi connectivity index (χ4n) is 1.18. The van der Waals surface area contributed by atoms with E-state index in [1.165, 1.54) is 12.1 Å². The van der Waals surface area contributed by atoms with Gasteiger partial charge in [-0.1, -0.05) is 12.1 Å². The second-order valence-corrected chi connectivity index (χ2v) is 6.50. The number of carbonyl (C=O) groups excluding carboxylic acids is 1. The first kappa shape index (κ1) is 19.8. The Morgan fingerprint density at radius 2 is 1.32 bits per heavy atom. The summed E-state index contributed by atoms with van der Waals surface area (Å²) < 4.78 is 9.91. The summed E-state index contributed by atoms with van der Waals surface area (Å²) in [4.78, 5) is 21.3. The van der Waals surface area contributed by atoms with Gasteiger partial charge in [-0.05, 0) is 53.7 Å². The Balaban J connectivity index is 0.000000406. The van der Waals surface area contributed by atoms with Crippen molar-refractivity contribution in [1.82, 2.24) is 0 Å². The molecular weight excluding hydrogens is 288 g/mol. The number of carboxylic acids is 1. The van der Waals surface area contributed by atoms with E-state index in [1.54, 1.807) is 53.7 Å². The Labute approximate surface area is 130 Å². The number of aromatic hydroxyl groups is 1. The van der Waals surface area contributed by atoms with Crippen LogP contribution in [0.4, 0.5) is 4.79 Å². The number of benzene rings is 1. The molecule has 0 bridgehead atoms. The second-order valence-electron chi connectivity index (χ2n) is 6.50. The summed E-state index contributed by atoms with van der Waals surface area (Å²) in [5, 5.41) is 17.3. The monoisotopic (exact) mass is 312 g/mol. The van der Waals surface area contributed by atoms with Crippen LogP contribution in [0.3, 0.4) is 0 Å². The van der Waals surface area contributed by atoms with Gasteiger partial charge in [0, 0.05) is 0 Å². The lowest BCUT2D eigenvalue weighted by molar-refractivity contribution is -0.0468. The predicted molar refractivity (Wildman–Crippen MR) is 82.1 cm³/mol. The molecule has 0 radical (unpaired) electrons. The third-order valence-electron chi connectivity index (χ3n) is 1.91. The number of carboxylic acid groups (broad SMARTS) is 1. The van der Waals surface area contributed by atoms with Crippen molar-refractivity contribution in [2.24, 2.45) is 0 Å². The molecule has 6 heteroatoms. The highest BCUT2D eigenvalue weighted by Gasteiger charge is 2.22. The zero-order valence-corrected chi connectivity index (χ0v) is 13.8. The molecule has 0 aliphatic carbocycles. The van der Waals surface area contributed by atoms with Crippen molar-refractivity contribution < 1.29 is 29.3 Å². The Morgan fingerprint density at radius 3 is 1.59 bits per heavy atom. The van der Waals surface area contributed by atoms with E-state index >= 15 is 0 Å². The molecule has 0 aromatic heterocycles. The first-order chi connectivity index (χ1) is 9.82. The predicted octanol–water partition coefficient (Wildman–Crippen LogP) is 3.83. The highest BCUT2D eigenvalue weighted by molar-refractivity contribution is 5.90. The molecule has 0 atom stereocenters. The standard InChI is InChI=1S/C9H18O3.C7H6O3/c1-8(2,3)11-7(10)12-9(4,5)6;8-6-4-2-1-3-5(6)7(9)10/h1-6H3;1-4,8H,(H,9,10). The van der Waals surface area contributed by atoms with Crippen molar-refractivity contribution >= 4 is 12.1 Å². The van der Waals surface area contributed by atoms with Crippen LogP contribution in [0.25, 0.3) is 0 Å². The molecule has 0 saturated heterocycles. The molecule has 1 aromatic carbocycles. The lowest BCUT2D eigenvalue weighted by Gasteiger charge is -2.24. The van der Waals surface area contributed by atoms with Crippen molar-refractivity contribution in [3.8, 4) is 5.75 Å². The number of hydrogen-bond acceptors (Lipinski definition) is 5. The van der Waals surface area contributed by atoms with Crippen LogP contribution < -0.4 is 0 Å². The smallest absolute Gasteiger partial charge is 0.507 e. The molecule has 0 aliphatic heterocycles. The van der Waals surface area contributed by atoms with Gasteiger partial charge in [-0.2, -0.15) is 0 Å². The Hall–Kier alpha value is -2.24. The summed E-state index contributed by atoms with van der Waals surface area (Å²) >= 11 is 0. The molecule has 0 heterocycles. The third-order valence-corrected chi connectivity index (χ3v) is 1.91. The molecule has 1 aromatic rings. The largest absolute Gasteiger partial charge is 0.509 e. The minimum atomic E-state index is -1.11. The van der Waals surface area contributed by atoms with E-state index in [9.17, 15) is 9.59 Å². The van der Waals surface area contributed by atoms with E-state index in [0.717, 1.165) is 0 Å². The van der Waals surface area contributed by atoms with Gasteiger partial charge in [-0.25, -0.2) is 9.59 Å². The minimum absolute atomic E-state index is 0.0671. The van der Waals surface area contributed by atoms with E-state index in [0.29, 0.717) is 0 Å². The summed E-state index contributed by atoms with van der Waals surface area (Å²) in [5.74, 6) is -1.31. The Bertz CT molecular complexity index is 490. The van der Waals surface area contributed by atoms with Gasteiger partial charge < -0.3 is 19.7 Å². The quantitative estimate of drug-likeness (QED) is 0.766. The number of para-hydroxylation sites is 1. The second kappa shape index (κ2) is 7.68. The van der Waals surface area contributed by atoms with Crippen LogP contribution in [0.5, 0.6) is 5.75 Å². The molecule has 1 rings (SSSR count). The van der Waals surface area contributed by atoms with Gasteiger partial charge in [-0.3, -0.25) is 0 Å². The molecular formula is C16H24O6. The molecule has 0 amide bonds. The molecule has 22 heavy (non-hydrogen) atoms. The normalized spacial score (nSPS) is 11.0. The lowest BCUT2D eigenvalue weighted by Crippen LogP contribution is -2.30. The van der Waals surface area contributed by atoms with Crippen molar-refractivity contribution in [1.29, 1.82) is 0 Å². The molecule has 2 N–H and O–H groups in total. The first-order valence-corrected chi connectivity index (χ1v) is 6.75. The van der Waals surface area contributed by atoms with Crippen LogP contribution in [0, 0.1) is 0 Å². The molecule has 6 nitrogen and oxygen atoms in total. The SMILES string of the molecule is CC(C)(C)OC(=O)OC(C)(C)C.O=C(O)c1ccccc1O. The number of ether oxygens (including phenoxy) is 2. The molecule has 0 aliphatic rings. The zero-order valence-electron chi connectivity index (χ0n) is 13.8. The van der Waals surface area contributed by atoms with Crippen molar-refractivity contribution in [2.45, 2.75) is 52.7 Å². The summed E-state index contributed by atoms with van der Waals surface area (Å²) in [5.41, 5.74) is -1.03. The minimum Gasteiger partial charge on any atom is -0.507 e. The van der Waals surface area contributed by atoms with Gasteiger partial charge in [-0.15, -0.1) is 0 Å². The van der Waals surface area contributed by atoms with E-state index in [2.05, 4.69) is 0 Å². The van der Waals surface area contributed by atoms with Gasteiger partial charge in [0.2, 0.25) is 0 Å². The van der Waals surface area contributed by atoms with E-state index < -0.39 is 23.3 Å². The number of phenols is 1. The average Bonchev–Trinajstić information content (AvgIpc) is 2.24. The van der Waals surface area contributed by atoms with E-state index in [1.807, 2.05) is 0 Å². The Morgan fingerprint density at radius 1 is 0.909 bits per heavy atom. The van der Waals surface area contributed by atoms with Crippen LogP contribution in [-0.4, -0.2) is 33.5 Å². The third kappa shape index (κ3) is 9.63. The summed E-state index contributed by atoms with van der Waals surface area (Å²) in [6.45, 7) is 10.8. The summed E-state index contributed by atoms with van der Waals surface area (Å²) in [6, 6.07) is 5.81. The fourth-order valence-corrected chi connectivity index (χ4v) is 1.18. The van der Waals surface area contributed by atoms with Crippen LogP contribution in [0.1, 0.15) is 51.9 Å². The number of aromatic carboxylic acids is 1. The highest BCUT2D eigenvalue weighted by atomic mass is 16.7. The summed E-state index contributed by atoms with van der Waals surface area (Å²) in [6.07, 6.45) is -0.616. The number of carbonyl (C=O) groups is 2. The maximum absolute atomic E-state index is 11.0. The van der Waals surface area contributed by atoms with E-state index in [4.69, 9.17) is 19.7 Å². The van der Waals surface area contributed by atoms with Gasteiger partial charge >= 0.3 is 12.1 Å². The molecule has 0 spiro atoms. The van der Waals surface area contributed by atoms with Crippen LogP contribution >= 0.6 is 0 Å². The molecule has 124 valence electrons. The maximum Gasteiger partial charge on any atom is 0.509 e. The Kier molecular flexibility index (Phi) is 6.90. The van der Waals surface area contributed by atoms with E-state index in [-0.39, 0.29) is 11.3 Å². The topological polar surface area (TPSA) is 93.1 Å². The van der Waals surface area contributed by atoms with Crippen LogP contribution in [0.15, 0.2) is 24.3 Å². The molecule has 0 fully saturated rings. The van der Waals surface area contributed by atoms with Crippen molar-refractivity contribution in [2.75, 3.05) is 0 Å². The van der Waals surface area contributed by atoms with Gasteiger partial charge in [0.15, 0.2) is 0 Å². The van der Waals surface area contributed by atoms with Gasteiger partial charge in [0.1, 0.15) is 22.5 Å². The first-order valence-electron chi connectivity index (χ1n) is 6.75. The fraction of sp³-hybridized carbons (Fsp3) is 0.500. The van der Waals surface area contributed by atoms with Gasteiger partial charge in [0.25, 0.3) is 0 Å². The lowest BCUT2D eigenvalue weighted by atomic mass is 10.2. The van der Waals surface area contributed by atoms with Crippen molar-refractivity contribution in [3.05, 3.63) is 29.8 Å².